The van der Waals surface area contributed by atoms with Gasteiger partial charge in [-0.2, -0.15) is 0 Å². The van der Waals surface area contributed by atoms with E-state index in [2.05, 4.69) is 25.2 Å². The molecule has 0 fully saturated rings. The number of hydrogen-bond acceptors (Lipinski definition) is 6. The average Bonchev–Trinajstić information content (AvgIpc) is 2.94. The van der Waals surface area contributed by atoms with Crippen LogP contribution >= 0.6 is 11.3 Å². The monoisotopic (exact) mass is 291 g/mol. The summed E-state index contributed by atoms with van der Waals surface area (Å²) in [6, 6.07) is 0. The summed E-state index contributed by atoms with van der Waals surface area (Å²) >= 11 is 1.39. The molecule has 1 amide bonds. The summed E-state index contributed by atoms with van der Waals surface area (Å²) in [5.41, 5.74) is 1.12. The smallest absolute Gasteiger partial charge is 0.270 e. The fraction of sp³-hybridized carbons (Fsp3) is 0.385. The summed E-state index contributed by atoms with van der Waals surface area (Å²) in [6.07, 6.45) is 5.77. The molecule has 1 N–H and O–H groups in total. The van der Waals surface area contributed by atoms with Crippen LogP contribution in [-0.2, 0) is 0 Å². The molecule has 106 valence electrons. The lowest BCUT2D eigenvalue weighted by atomic mass is 10.3. The molecule has 0 aromatic carbocycles. The van der Waals surface area contributed by atoms with Crippen molar-refractivity contribution in [3.63, 3.8) is 0 Å². The van der Waals surface area contributed by atoms with Gasteiger partial charge in [-0.3, -0.25) is 14.8 Å². The van der Waals surface area contributed by atoms with E-state index in [-0.39, 0.29) is 5.91 Å². The van der Waals surface area contributed by atoms with Crippen molar-refractivity contribution in [3.05, 3.63) is 29.7 Å². The van der Waals surface area contributed by atoms with Crippen LogP contribution in [0.2, 0.25) is 0 Å². The van der Waals surface area contributed by atoms with Crippen LogP contribution < -0.4 is 5.32 Å². The van der Waals surface area contributed by atoms with Gasteiger partial charge in [0.05, 0.1) is 6.20 Å². The van der Waals surface area contributed by atoms with Crippen LogP contribution in [-0.4, -0.2) is 52.9 Å². The number of hydrogen-bond donors (Lipinski definition) is 1. The Morgan fingerprint density at radius 1 is 1.40 bits per heavy atom. The van der Waals surface area contributed by atoms with E-state index >= 15 is 0 Å². The van der Waals surface area contributed by atoms with Gasteiger partial charge in [-0.1, -0.05) is 0 Å². The van der Waals surface area contributed by atoms with Crippen molar-refractivity contribution < 1.29 is 4.79 Å². The van der Waals surface area contributed by atoms with E-state index in [9.17, 15) is 4.79 Å². The maximum Gasteiger partial charge on any atom is 0.270 e. The van der Waals surface area contributed by atoms with Gasteiger partial charge in [0.1, 0.15) is 16.4 Å². The summed E-state index contributed by atoms with van der Waals surface area (Å²) in [5.74, 6) is -0.143. The van der Waals surface area contributed by atoms with Gasteiger partial charge in [-0.15, -0.1) is 11.3 Å². The zero-order valence-electron chi connectivity index (χ0n) is 11.5. The average molecular weight is 291 g/mol. The Bertz CT molecular complexity index is 555. The standard InChI is InChI=1S/C13H17N5OS/c1-18(2)7-3-4-16-12(19)11-9-20-13(17-11)10-8-14-5-6-15-10/h5-6,8-9H,3-4,7H2,1-2H3,(H,16,19). The Hall–Kier alpha value is -1.86. The van der Waals surface area contributed by atoms with Gasteiger partial charge in [-0.05, 0) is 27.1 Å². The summed E-state index contributed by atoms with van der Waals surface area (Å²) in [4.78, 5) is 26.4. The van der Waals surface area contributed by atoms with Gasteiger partial charge in [0.25, 0.3) is 5.91 Å². The van der Waals surface area contributed by atoms with E-state index in [4.69, 9.17) is 0 Å². The second-order valence-corrected chi connectivity index (χ2v) is 5.40. The minimum absolute atomic E-state index is 0.143. The van der Waals surface area contributed by atoms with Crippen molar-refractivity contribution in [2.45, 2.75) is 6.42 Å². The molecule has 0 aliphatic rings. The maximum atomic E-state index is 11.9. The quantitative estimate of drug-likeness (QED) is 0.812. The molecule has 0 aliphatic carbocycles. The molecule has 6 nitrogen and oxygen atoms in total. The molecule has 0 spiro atoms. The van der Waals surface area contributed by atoms with Crippen molar-refractivity contribution >= 4 is 17.2 Å². The highest BCUT2D eigenvalue weighted by molar-refractivity contribution is 7.13. The van der Waals surface area contributed by atoms with Crippen LogP contribution in [0.25, 0.3) is 10.7 Å². The van der Waals surface area contributed by atoms with Crippen molar-refractivity contribution in [3.8, 4) is 10.7 Å². The van der Waals surface area contributed by atoms with Crippen LogP contribution in [0, 0.1) is 0 Å². The van der Waals surface area contributed by atoms with Crippen molar-refractivity contribution in [1.82, 2.24) is 25.2 Å². The third-order valence-corrected chi connectivity index (χ3v) is 3.45. The summed E-state index contributed by atoms with van der Waals surface area (Å²) in [6.45, 7) is 1.59. The number of amides is 1. The zero-order chi connectivity index (χ0) is 14.4. The Labute approximate surface area is 121 Å². The molecule has 0 radical (unpaired) electrons. The van der Waals surface area contributed by atoms with E-state index in [1.54, 1.807) is 24.0 Å². The first kappa shape index (κ1) is 14.5. The highest BCUT2D eigenvalue weighted by Gasteiger charge is 2.11. The molecule has 7 heteroatoms. The molecule has 0 aliphatic heterocycles. The largest absolute Gasteiger partial charge is 0.351 e. The summed E-state index contributed by atoms with van der Waals surface area (Å²) in [7, 11) is 4.02. The second-order valence-electron chi connectivity index (χ2n) is 4.54. The van der Waals surface area contributed by atoms with E-state index in [1.165, 1.54) is 11.3 Å². The molecular formula is C13H17N5OS. The number of nitrogens with one attached hydrogen (secondary N) is 1. The third kappa shape index (κ3) is 4.07. The highest BCUT2D eigenvalue weighted by Crippen LogP contribution is 2.20. The lowest BCUT2D eigenvalue weighted by Gasteiger charge is -2.09. The summed E-state index contributed by atoms with van der Waals surface area (Å²) < 4.78 is 0. The van der Waals surface area contributed by atoms with Crippen LogP contribution in [0.5, 0.6) is 0 Å². The number of thiazole rings is 1. The van der Waals surface area contributed by atoms with Crippen molar-refractivity contribution in [2.75, 3.05) is 27.2 Å². The molecular weight excluding hydrogens is 274 g/mol. The van der Waals surface area contributed by atoms with Gasteiger partial charge >= 0.3 is 0 Å². The predicted octanol–water partition coefficient (Wildman–Crippen LogP) is 1.28. The normalized spacial score (nSPS) is 10.8. The highest BCUT2D eigenvalue weighted by atomic mass is 32.1. The second kappa shape index (κ2) is 7.06. The molecule has 2 aromatic heterocycles. The summed E-state index contributed by atoms with van der Waals surface area (Å²) in [5, 5.41) is 5.31. The molecule has 0 saturated carbocycles. The number of rotatable bonds is 6. The fourth-order valence-electron chi connectivity index (χ4n) is 1.59. The first-order valence-corrected chi connectivity index (χ1v) is 7.19. The Kier molecular flexibility index (Phi) is 5.14. The van der Waals surface area contributed by atoms with E-state index in [0.717, 1.165) is 13.0 Å². The van der Waals surface area contributed by atoms with Crippen molar-refractivity contribution in [2.24, 2.45) is 0 Å². The van der Waals surface area contributed by atoms with E-state index in [0.29, 0.717) is 22.9 Å². The molecule has 2 rings (SSSR count). The minimum Gasteiger partial charge on any atom is -0.351 e. The maximum absolute atomic E-state index is 11.9. The Morgan fingerprint density at radius 3 is 2.95 bits per heavy atom. The van der Waals surface area contributed by atoms with Gasteiger partial charge in [0.2, 0.25) is 0 Å². The molecule has 0 saturated heterocycles. The van der Waals surface area contributed by atoms with Crippen LogP contribution in [0.15, 0.2) is 24.0 Å². The zero-order valence-corrected chi connectivity index (χ0v) is 12.4. The molecule has 0 bridgehead atoms. The van der Waals surface area contributed by atoms with Crippen LogP contribution in [0.4, 0.5) is 0 Å². The van der Waals surface area contributed by atoms with Crippen molar-refractivity contribution in [1.29, 1.82) is 0 Å². The molecule has 2 aromatic rings. The predicted molar refractivity (Wildman–Crippen MR) is 78.6 cm³/mol. The molecule has 0 atom stereocenters. The van der Waals surface area contributed by atoms with Gasteiger partial charge in [0, 0.05) is 24.3 Å². The number of carbonyl (C=O) groups excluding carboxylic acids is 1. The van der Waals surface area contributed by atoms with Crippen LogP contribution in [0.3, 0.4) is 0 Å². The lowest BCUT2D eigenvalue weighted by molar-refractivity contribution is 0.0948. The lowest BCUT2D eigenvalue weighted by Crippen LogP contribution is -2.27. The van der Waals surface area contributed by atoms with Crippen LogP contribution in [0.1, 0.15) is 16.9 Å². The van der Waals surface area contributed by atoms with E-state index < -0.39 is 0 Å². The third-order valence-electron chi connectivity index (χ3n) is 2.59. The van der Waals surface area contributed by atoms with Gasteiger partial charge < -0.3 is 10.2 Å². The Balaban J connectivity index is 1.90. The number of carbonyl (C=O) groups is 1. The van der Waals surface area contributed by atoms with Gasteiger partial charge in [0.15, 0.2) is 0 Å². The fourth-order valence-corrected chi connectivity index (χ4v) is 2.35. The molecule has 2 heterocycles. The number of aromatic nitrogens is 3. The first-order chi connectivity index (χ1) is 9.66. The minimum atomic E-state index is -0.143. The number of nitrogens with zero attached hydrogens (tertiary/aromatic N) is 4. The van der Waals surface area contributed by atoms with E-state index in [1.807, 2.05) is 14.1 Å². The first-order valence-electron chi connectivity index (χ1n) is 6.31. The molecule has 0 unspecified atom stereocenters. The Morgan fingerprint density at radius 2 is 2.25 bits per heavy atom. The topological polar surface area (TPSA) is 71.0 Å². The SMILES string of the molecule is CN(C)CCCNC(=O)c1csc(-c2cnccn2)n1. The van der Waals surface area contributed by atoms with Gasteiger partial charge in [-0.25, -0.2) is 4.98 Å². The molecule has 20 heavy (non-hydrogen) atoms.